The normalized spacial score (nSPS) is 10.8. The van der Waals surface area contributed by atoms with E-state index >= 15 is 0 Å². The molecular weight excluding hydrogens is 254 g/mol. The second kappa shape index (κ2) is 8.30. The molecule has 110 valence electrons. The molecule has 0 saturated carbocycles. The number of amides is 3. The second-order valence-corrected chi connectivity index (χ2v) is 4.68. The largest absolute Gasteiger partial charge is 0.481 e. The Morgan fingerprint density at radius 2 is 1.95 bits per heavy atom. The molecule has 8 heteroatoms. The number of nitrogens with one attached hydrogen (secondary N) is 2. The summed E-state index contributed by atoms with van der Waals surface area (Å²) in [6.07, 6.45) is 0.308. The van der Waals surface area contributed by atoms with Gasteiger partial charge in [0.2, 0.25) is 5.91 Å². The molecule has 0 rings (SSSR count). The van der Waals surface area contributed by atoms with Crippen LogP contribution in [-0.2, 0) is 14.3 Å². The van der Waals surface area contributed by atoms with Crippen LogP contribution in [0.1, 0.15) is 26.7 Å². The Labute approximate surface area is 111 Å². The topological polar surface area (TPSA) is 131 Å². The fourth-order valence-corrected chi connectivity index (χ4v) is 1.24. The number of nitrogens with two attached hydrogens (primary N) is 1. The molecule has 0 atom stereocenters. The number of hydrogen-bond donors (Lipinski definition) is 4. The summed E-state index contributed by atoms with van der Waals surface area (Å²) in [7, 11) is 0. The van der Waals surface area contributed by atoms with E-state index in [0.29, 0.717) is 6.42 Å². The number of rotatable bonds is 9. The maximum absolute atomic E-state index is 11.5. The van der Waals surface area contributed by atoms with E-state index in [1.807, 2.05) is 0 Å². The molecule has 0 unspecified atom stereocenters. The van der Waals surface area contributed by atoms with Crippen molar-refractivity contribution in [1.82, 2.24) is 10.6 Å². The second-order valence-electron chi connectivity index (χ2n) is 4.68. The van der Waals surface area contributed by atoms with Gasteiger partial charge in [0.15, 0.2) is 0 Å². The Bertz CT molecular complexity index is 330. The van der Waals surface area contributed by atoms with Crippen molar-refractivity contribution >= 4 is 17.9 Å². The summed E-state index contributed by atoms with van der Waals surface area (Å²) in [5, 5.41) is 13.7. The number of primary amides is 1. The number of aliphatic carboxylic acids is 1. The van der Waals surface area contributed by atoms with Gasteiger partial charge in [0, 0.05) is 18.5 Å². The van der Waals surface area contributed by atoms with Crippen LogP contribution in [0.25, 0.3) is 0 Å². The maximum atomic E-state index is 11.5. The zero-order chi connectivity index (χ0) is 14.9. The average molecular weight is 275 g/mol. The molecule has 0 aliphatic heterocycles. The van der Waals surface area contributed by atoms with Gasteiger partial charge in [0.05, 0.1) is 6.61 Å². The molecule has 5 N–H and O–H groups in total. The third-order valence-electron chi connectivity index (χ3n) is 2.19. The number of carboxylic acids is 1. The molecule has 0 heterocycles. The highest BCUT2D eigenvalue weighted by Gasteiger charge is 2.21. The number of carboxylic acid groups (broad SMARTS) is 1. The van der Waals surface area contributed by atoms with Gasteiger partial charge in [0.25, 0.3) is 0 Å². The van der Waals surface area contributed by atoms with E-state index in [4.69, 9.17) is 15.6 Å². The Kier molecular flexibility index (Phi) is 7.50. The molecule has 0 radical (unpaired) electrons. The lowest BCUT2D eigenvalue weighted by Crippen LogP contribution is -2.49. The summed E-state index contributed by atoms with van der Waals surface area (Å²) >= 11 is 0. The van der Waals surface area contributed by atoms with E-state index < -0.39 is 23.4 Å². The zero-order valence-electron chi connectivity index (χ0n) is 11.2. The molecule has 0 fully saturated rings. The highest BCUT2D eigenvalue weighted by molar-refractivity contribution is 5.75. The van der Waals surface area contributed by atoms with E-state index in [2.05, 4.69) is 10.6 Å². The van der Waals surface area contributed by atoms with E-state index in [1.54, 1.807) is 13.8 Å². The van der Waals surface area contributed by atoms with Crippen molar-refractivity contribution in [3.8, 4) is 0 Å². The van der Waals surface area contributed by atoms with Crippen LogP contribution in [0.15, 0.2) is 0 Å². The number of urea groups is 1. The minimum absolute atomic E-state index is 0.0188. The van der Waals surface area contributed by atoms with Gasteiger partial charge in [-0.15, -0.1) is 0 Å². The molecule has 0 aliphatic rings. The Balaban J connectivity index is 3.77. The SMILES string of the molecule is CC(C)(CCC(=O)O)NC(=O)NCCOCC(N)=O. The van der Waals surface area contributed by atoms with Crippen molar-refractivity contribution in [1.29, 1.82) is 0 Å². The van der Waals surface area contributed by atoms with E-state index in [9.17, 15) is 14.4 Å². The summed E-state index contributed by atoms with van der Waals surface area (Å²) in [5.41, 5.74) is 4.25. The summed E-state index contributed by atoms with van der Waals surface area (Å²) in [4.78, 5) is 32.3. The van der Waals surface area contributed by atoms with Crippen molar-refractivity contribution < 1.29 is 24.2 Å². The molecular formula is C11H21N3O5. The lowest BCUT2D eigenvalue weighted by atomic mass is 9.99. The van der Waals surface area contributed by atoms with Gasteiger partial charge >= 0.3 is 12.0 Å². The minimum atomic E-state index is -0.907. The fourth-order valence-electron chi connectivity index (χ4n) is 1.24. The van der Waals surface area contributed by atoms with Crippen LogP contribution in [0, 0.1) is 0 Å². The third kappa shape index (κ3) is 11.0. The van der Waals surface area contributed by atoms with Crippen LogP contribution < -0.4 is 16.4 Å². The highest BCUT2D eigenvalue weighted by atomic mass is 16.5. The first-order chi connectivity index (χ1) is 8.73. The molecule has 0 aromatic rings. The maximum Gasteiger partial charge on any atom is 0.315 e. The van der Waals surface area contributed by atoms with Crippen LogP contribution in [0.4, 0.5) is 4.79 Å². The van der Waals surface area contributed by atoms with Gasteiger partial charge in [0.1, 0.15) is 6.61 Å². The third-order valence-corrected chi connectivity index (χ3v) is 2.19. The fraction of sp³-hybridized carbons (Fsp3) is 0.727. The smallest absolute Gasteiger partial charge is 0.315 e. The van der Waals surface area contributed by atoms with Crippen LogP contribution in [0.3, 0.4) is 0 Å². The average Bonchev–Trinajstić information content (AvgIpc) is 2.25. The minimum Gasteiger partial charge on any atom is -0.481 e. The first kappa shape index (κ1) is 17.2. The molecule has 3 amide bonds. The zero-order valence-corrected chi connectivity index (χ0v) is 11.2. The summed E-state index contributed by atoms with van der Waals surface area (Å²) in [6.45, 7) is 3.69. The molecule has 0 aliphatic carbocycles. The molecule has 0 spiro atoms. The van der Waals surface area contributed by atoms with Gasteiger partial charge < -0.3 is 26.2 Å². The van der Waals surface area contributed by atoms with Crippen molar-refractivity contribution in [3.63, 3.8) is 0 Å². The van der Waals surface area contributed by atoms with Crippen LogP contribution in [0.2, 0.25) is 0 Å². The van der Waals surface area contributed by atoms with Crippen molar-refractivity contribution in [2.24, 2.45) is 5.73 Å². The van der Waals surface area contributed by atoms with Gasteiger partial charge in [-0.1, -0.05) is 0 Å². The summed E-state index contributed by atoms with van der Waals surface area (Å²) in [5.74, 6) is -1.48. The molecule has 0 bridgehead atoms. The number of ether oxygens (including phenoxy) is 1. The quantitative estimate of drug-likeness (QED) is 0.418. The number of carbonyl (C=O) groups is 3. The van der Waals surface area contributed by atoms with Gasteiger partial charge in [-0.25, -0.2) is 4.79 Å². The van der Waals surface area contributed by atoms with Gasteiger partial charge in [-0.2, -0.15) is 0 Å². The number of hydrogen-bond acceptors (Lipinski definition) is 4. The molecule has 0 aromatic heterocycles. The number of carbonyl (C=O) groups excluding carboxylic acids is 2. The standard InChI is InChI=1S/C11H21N3O5/c1-11(2,4-3-9(16)17)14-10(18)13-5-6-19-7-8(12)15/h3-7H2,1-2H3,(H2,12,15)(H,16,17)(H2,13,14,18). The molecule has 19 heavy (non-hydrogen) atoms. The Morgan fingerprint density at radius 3 is 2.47 bits per heavy atom. The summed E-state index contributed by atoms with van der Waals surface area (Å²) in [6, 6.07) is -0.418. The van der Waals surface area contributed by atoms with E-state index in [0.717, 1.165) is 0 Å². The molecule has 8 nitrogen and oxygen atoms in total. The predicted molar refractivity (Wildman–Crippen MR) is 67.5 cm³/mol. The Morgan fingerprint density at radius 1 is 1.32 bits per heavy atom. The monoisotopic (exact) mass is 275 g/mol. The van der Waals surface area contributed by atoms with Crippen molar-refractivity contribution in [3.05, 3.63) is 0 Å². The van der Waals surface area contributed by atoms with E-state index in [1.165, 1.54) is 0 Å². The van der Waals surface area contributed by atoms with Gasteiger partial charge in [-0.3, -0.25) is 9.59 Å². The van der Waals surface area contributed by atoms with Crippen LogP contribution in [-0.4, -0.2) is 48.3 Å². The lowest BCUT2D eigenvalue weighted by Gasteiger charge is -2.25. The molecule has 0 aromatic carbocycles. The highest BCUT2D eigenvalue weighted by Crippen LogP contribution is 2.10. The van der Waals surface area contributed by atoms with Crippen molar-refractivity contribution in [2.75, 3.05) is 19.8 Å². The lowest BCUT2D eigenvalue weighted by molar-refractivity contribution is -0.137. The van der Waals surface area contributed by atoms with Crippen molar-refractivity contribution in [2.45, 2.75) is 32.2 Å². The summed E-state index contributed by atoms with van der Waals surface area (Å²) < 4.78 is 4.86. The van der Waals surface area contributed by atoms with Crippen LogP contribution in [0.5, 0.6) is 0 Å². The van der Waals surface area contributed by atoms with E-state index in [-0.39, 0.29) is 26.2 Å². The van der Waals surface area contributed by atoms with Gasteiger partial charge in [-0.05, 0) is 20.3 Å². The van der Waals surface area contributed by atoms with Crippen LogP contribution >= 0.6 is 0 Å². The predicted octanol–water partition coefficient (Wildman–Crippen LogP) is -0.569. The first-order valence-corrected chi connectivity index (χ1v) is 5.87. The Hall–Kier alpha value is -1.83. The first-order valence-electron chi connectivity index (χ1n) is 5.87. The molecule has 0 saturated heterocycles.